The third kappa shape index (κ3) is 2.71. The highest BCUT2D eigenvalue weighted by atomic mass is 35.5. The molecule has 2 aromatic rings. The Labute approximate surface area is 142 Å². The molecule has 0 saturated carbocycles. The number of hydrogen-bond acceptors (Lipinski definition) is 2. The van der Waals surface area contributed by atoms with Gasteiger partial charge in [-0.2, -0.15) is 0 Å². The standard InChI is InChI=1S/C20H21ClN2/c1-13-11-17-16(12-18(13)21)5-4-15-3-2-8-23-20(15)19(17)14-6-9-22-10-7-14/h2-5,8,11-12,14,19,22H,6-7,9-10H2,1H3. The van der Waals surface area contributed by atoms with Crippen molar-refractivity contribution in [2.45, 2.75) is 25.7 Å². The number of nitrogens with one attached hydrogen (secondary N) is 1. The van der Waals surface area contributed by atoms with Gasteiger partial charge in [-0.25, -0.2) is 0 Å². The molecule has 1 aliphatic heterocycles. The van der Waals surface area contributed by atoms with Crippen LogP contribution in [-0.4, -0.2) is 18.1 Å². The van der Waals surface area contributed by atoms with Crippen molar-refractivity contribution in [3.05, 3.63) is 63.4 Å². The van der Waals surface area contributed by atoms with E-state index in [9.17, 15) is 0 Å². The van der Waals surface area contributed by atoms with E-state index in [1.807, 2.05) is 12.3 Å². The molecular formula is C20H21ClN2. The normalized spacial score (nSPS) is 20.7. The summed E-state index contributed by atoms with van der Waals surface area (Å²) < 4.78 is 0. The first kappa shape index (κ1) is 14.9. The average molecular weight is 325 g/mol. The molecule has 1 unspecified atom stereocenters. The Morgan fingerprint density at radius 2 is 1.91 bits per heavy atom. The van der Waals surface area contributed by atoms with Crippen molar-refractivity contribution < 1.29 is 0 Å². The van der Waals surface area contributed by atoms with Crippen LogP contribution < -0.4 is 5.32 Å². The van der Waals surface area contributed by atoms with Gasteiger partial charge in [-0.1, -0.05) is 35.9 Å². The monoisotopic (exact) mass is 324 g/mol. The molecule has 3 heteroatoms. The summed E-state index contributed by atoms with van der Waals surface area (Å²) in [6.07, 6.45) is 8.70. The van der Waals surface area contributed by atoms with Gasteiger partial charge in [-0.3, -0.25) is 4.98 Å². The van der Waals surface area contributed by atoms with E-state index in [2.05, 4.69) is 42.6 Å². The second kappa shape index (κ2) is 6.10. The minimum atomic E-state index is 0.356. The molecule has 1 aliphatic carbocycles. The van der Waals surface area contributed by atoms with E-state index in [4.69, 9.17) is 16.6 Å². The van der Waals surface area contributed by atoms with Crippen molar-refractivity contribution in [1.29, 1.82) is 0 Å². The molecule has 0 amide bonds. The van der Waals surface area contributed by atoms with Crippen molar-refractivity contribution >= 4 is 23.8 Å². The number of piperidine rings is 1. The molecule has 1 atom stereocenters. The third-order valence-corrected chi connectivity index (χ3v) is 5.57. The van der Waals surface area contributed by atoms with Crippen molar-refractivity contribution in [3.63, 3.8) is 0 Å². The zero-order chi connectivity index (χ0) is 15.8. The Morgan fingerprint density at radius 3 is 2.74 bits per heavy atom. The van der Waals surface area contributed by atoms with Crippen molar-refractivity contribution in [3.8, 4) is 0 Å². The van der Waals surface area contributed by atoms with E-state index in [-0.39, 0.29) is 0 Å². The van der Waals surface area contributed by atoms with Crippen molar-refractivity contribution in [2.24, 2.45) is 5.92 Å². The minimum absolute atomic E-state index is 0.356. The Morgan fingerprint density at radius 1 is 1.13 bits per heavy atom. The Bertz CT molecular complexity index is 760. The van der Waals surface area contributed by atoms with Gasteiger partial charge < -0.3 is 5.32 Å². The van der Waals surface area contributed by atoms with Gasteiger partial charge in [0, 0.05) is 17.1 Å². The van der Waals surface area contributed by atoms with E-state index in [0.29, 0.717) is 11.8 Å². The number of rotatable bonds is 1. The molecule has 1 N–H and O–H groups in total. The van der Waals surface area contributed by atoms with Crippen LogP contribution >= 0.6 is 11.6 Å². The fourth-order valence-corrected chi connectivity index (χ4v) is 4.12. The van der Waals surface area contributed by atoms with Crippen LogP contribution in [-0.2, 0) is 0 Å². The van der Waals surface area contributed by atoms with Gasteiger partial charge >= 0.3 is 0 Å². The van der Waals surface area contributed by atoms with Crippen LogP contribution in [0.15, 0.2) is 30.5 Å². The number of fused-ring (bicyclic) bond motifs is 2. The molecule has 1 aromatic heterocycles. The number of aromatic nitrogens is 1. The summed E-state index contributed by atoms with van der Waals surface area (Å²) in [7, 11) is 0. The summed E-state index contributed by atoms with van der Waals surface area (Å²) in [4.78, 5) is 4.78. The Balaban J connectivity index is 1.91. The topological polar surface area (TPSA) is 24.9 Å². The maximum atomic E-state index is 6.38. The van der Waals surface area contributed by atoms with E-state index in [1.54, 1.807) is 0 Å². The van der Waals surface area contributed by atoms with Crippen LogP contribution in [0.4, 0.5) is 0 Å². The van der Waals surface area contributed by atoms with Gasteiger partial charge in [0.25, 0.3) is 0 Å². The van der Waals surface area contributed by atoms with Gasteiger partial charge in [0.2, 0.25) is 0 Å². The van der Waals surface area contributed by atoms with Gasteiger partial charge in [-0.05, 0) is 73.2 Å². The number of nitrogens with zero attached hydrogens (tertiary/aromatic N) is 1. The van der Waals surface area contributed by atoms with Crippen molar-refractivity contribution in [2.75, 3.05) is 13.1 Å². The summed E-state index contributed by atoms with van der Waals surface area (Å²) >= 11 is 6.38. The minimum Gasteiger partial charge on any atom is -0.317 e. The molecule has 1 saturated heterocycles. The zero-order valence-electron chi connectivity index (χ0n) is 13.3. The fourth-order valence-electron chi connectivity index (χ4n) is 3.95. The molecule has 0 bridgehead atoms. The molecular weight excluding hydrogens is 304 g/mol. The highest BCUT2D eigenvalue weighted by Gasteiger charge is 2.31. The Kier molecular flexibility index (Phi) is 3.96. The third-order valence-electron chi connectivity index (χ3n) is 5.16. The number of aryl methyl sites for hydroxylation is 1. The van der Waals surface area contributed by atoms with Crippen LogP contribution in [0, 0.1) is 12.8 Å². The largest absolute Gasteiger partial charge is 0.317 e. The quantitative estimate of drug-likeness (QED) is 0.825. The molecule has 4 rings (SSSR count). The maximum Gasteiger partial charge on any atom is 0.0553 e. The highest BCUT2D eigenvalue weighted by Crippen LogP contribution is 2.42. The van der Waals surface area contributed by atoms with Crippen LogP contribution in [0.1, 0.15) is 46.7 Å². The van der Waals surface area contributed by atoms with Gasteiger partial charge in [-0.15, -0.1) is 0 Å². The number of halogens is 1. The van der Waals surface area contributed by atoms with E-state index >= 15 is 0 Å². The summed E-state index contributed by atoms with van der Waals surface area (Å²) in [5.74, 6) is 0.985. The molecule has 2 nitrogen and oxygen atoms in total. The molecule has 118 valence electrons. The fraction of sp³-hybridized carbons (Fsp3) is 0.350. The van der Waals surface area contributed by atoms with Crippen LogP contribution in [0.2, 0.25) is 5.02 Å². The molecule has 2 aliphatic rings. The lowest BCUT2D eigenvalue weighted by molar-refractivity contribution is 0.339. The maximum absolute atomic E-state index is 6.38. The molecule has 0 radical (unpaired) electrons. The predicted octanol–water partition coefficient (Wildman–Crippen LogP) is 4.66. The zero-order valence-corrected chi connectivity index (χ0v) is 14.1. The molecule has 1 aromatic carbocycles. The van der Waals surface area contributed by atoms with E-state index in [0.717, 1.165) is 23.7 Å². The van der Waals surface area contributed by atoms with E-state index < -0.39 is 0 Å². The highest BCUT2D eigenvalue weighted by molar-refractivity contribution is 6.31. The number of hydrogen-bond donors (Lipinski definition) is 1. The first-order valence-corrected chi connectivity index (χ1v) is 8.75. The van der Waals surface area contributed by atoms with Gasteiger partial charge in [0.15, 0.2) is 0 Å². The lowest BCUT2D eigenvalue weighted by Crippen LogP contribution is -2.32. The molecule has 2 heterocycles. The van der Waals surface area contributed by atoms with Crippen molar-refractivity contribution in [1.82, 2.24) is 10.3 Å². The first-order valence-electron chi connectivity index (χ1n) is 8.38. The second-order valence-electron chi connectivity index (χ2n) is 6.61. The smallest absolute Gasteiger partial charge is 0.0553 e. The SMILES string of the molecule is Cc1cc2c(cc1Cl)C=Cc1cccnc1C2C1CCNCC1. The van der Waals surface area contributed by atoms with E-state index in [1.165, 1.54) is 35.2 Å². The number of benzene rings is 1. The lowest BCUT2D eigenvalue weighted by Gasteiger charge is -2.32. The summed E-state index contributed by atoms with van der Waals surface area (Å²) in [5, 5.41) is 4.32. The predicted molar refractivity (Wildman–Crippen MR) is 96.8 cm³/mol. The Hall–Kier alpha value is -1.64. The summed E-state index contributed by atoms with van der Waals surface area (Å²) in [5.41, 5.74) is 6.23. The van der Waals surface area contributed by atoms with Crippen LogP contribution in [0.5, 0.6) is 0 Å². The summed E-state index contributed by atoms with van der Waals surface area (Å²) in [6, 6.07) is 8.59. The first-order chi connectivity index (χ1) is 11.2. The average Bonchev–Trinajstić information content (AvgIpc) is 2.73. The second-order valence-corrected chi connectivity index (χ2v) is 7.01. The van der Waals surface area contributed by atoms with Gasteiger partial charge in [0.1, 0.15) is 0 Å². The lowest BCUT2D eigenvalue weighted by atomic mass is 9.76. The number of pyridine rings is 1. The summed E-state index contributed by atoms with van der Waals surface area (Å²) in [6.45, 7) is 4.29. The molecule has 23 heavy (non-hydrogen) atoms. The van der Waals surface area contributed by atoms with Crippen LogP contribution in [0.25, 0.3) is 12.2 Å². The molecule has 0 spiro atoms. The molecule has 1 fully saturated rings. The van der Waals surface area contributed by atoms with Gasteiger partial charge in [0.05, 0.1) is 5.69 Å². The van der Waals surface area contributed by atoms with Crippen LogP contribution in [0.3, 0.4) is 0 Å².